The van der Waals surface area contributed by atoms with Crippen LogP contribution in [0.4, 0.5) is 30.4 Å². The standard InChI is InChI=1S/C18H11ClF3N3O/c19-11-3-1-10(2-4-11)18(26)25-15-8-5-12(9-23-15)24-14-7-6-13(20)16(21)17(14)22/h1-9,24H,(H,23,25,26). The number of rotatable bonds is 4. The van der Waals surface area contributed by atoms with Gasteiger partial charge in [-0.1, -0.05) is 11.6 Å². The summed E-state index contributed by atoms with van der Waals surface area (Å²) in [5.74, 6) is -4.27. The van der Waals surface area contributed by atoms with Gasteiger partial charge in [0.25, 0.3) is 5.91 Å². The first-order valence-electron chi connectivity index (χ1n) is 7.37. The van der Waals surface area contributed by atoms with Gasteiger partial charge in [0.1, 0.15) is 5.82 Å². The average Bonchev–Trinajstić information content (AvgIpc) is 2.64. The van der Waals surface area contributed by atoms with E-state index in [1.54, 1.807) is 24.3 Å². The fourth-order valence-electron chi connectivity index (χ4n) is 2.11. The van der Waals surface area contributed by atoms with Crippen LogP contribution in [0.5, 0.6) is 0 Å². The minimum Gasteiger partial charge on any atom is -0.352 e. The summed E-state index contributed by atoms with van der Waals surface area (Å²) in [6, 6.07) is 11.2. The summed E-state index contributed by atoms with van der Waals surface area (Å²) in [5.41, 5.74) is 0.505. The molecule has 0 unspecified atom stereocenters. The number of hydrogen-bond acceptors (Lipinski definition) is 3. The first-order valence-corrected chi connectivity index (χ1v) is 7.75. The van der Waals surface area contributed by atoms with E-state index in [0.29, 0.717) is 16.3 Å². The number of halogens is 4. The van der Waals surface area contributed by atoms with Crippen LogP contribution >= 0.6 is 11.6 Å². The third-order valence-electron chi connectivity index (χ3n) is 3.43. The molecule has 0 saturated heterocycles. The van der Waals surface area contributed by atoms with Gasteiger partial charge in [-0.05, 0) is 48.5 Å². The summed E-state index contributed by atoms with van der Waals surface area (Å²) < 4.78 is 39.8. The summed E-state index contributed by atoms with van der Waals surface area (Å²) >= 11 is 5.77. The first kappa shape index (κ1) is 17.8. The van der Waals surface area contributed by atoms with Crippen molar-refractivity contribution in [1.82, 2.24) is 4.98 Å². The molecule has 0 saturated carbocycles. The second kappa shape index (κ2) is 7.45. The van der Waals surface area contributed by atoms with Crippen LogP contribution in [0.3, 0.4) is 0 Å². The Hall–Kier alpha value is -3.06. The molecule has 132 valence electrons. The topological polar surface area (TPSA) is 54.0 Å². The van der Waals surface area contributed by atoms with E-state index in [4.69, 9.17) is 11.6 Å². The molecule has 1 heterocycles. The highest BCUT2D eigenvalue weighted by Gasteiger charge is 2.13. The highest BCUT2D eigenvalue weighted by atomic mass is 35.5. The van der Waals surface area contributed by atoms with Gasteiger partial charge in [0, 0.05) is 10.6 Å². The molecule has 1 amide bonds. The molecular weight excluding hydrogens is 367 g/mol. The molecule has 0 aliphatic carbocycles. The Labute approximate surface area is 151 Å². The van der Waals surface area contributed by atoms with Gasteiger partial charge in [-0.3, -0.25) is 4.79 Å². The van der Waals surface area contributed by atoms with Crippen molar-refractivity contribution in [1.29, 1.82) is 0 Å². The number of benzene rings is 2. The lowest BCUT2D eigenvalue weighted by Gasteiger charge is -2.09. The predicted molar refractivity (Wildman–Crippen MR) is 93.2 cm³/mol. The highest BCUT2D eigenvalue weighted by molar-refractivity contribution is 6.30. The van der Waals surface area contributed by atoms with Gasteiger partial charge in [-0.2, -0.15) is 0 Å². The maximum atomic E-state index is 13.7. The lowest BCUT2D eigenvalue weighted by molar-refractivity contribution is 0.102. The Morgan fingerprint density at radius 3 is 2.31 bits per heavy atom. The Morgan fingerprint density at radius 1 is 0.923 bits per heavy atom. The van der Waals surface area contributed by atoms with Crippen LogP contribution in [-0.2, 0) is 0 Å². The van der Waals surface area contributed by atoms with Gasteiger partial charge in [-0.15, -0.1) is 0 Å². The zero-order chi connectivity index (χ0) is 18.7. The fourth-order valence-corrected chi connectivity index (χ4v) is 2.24. The van der Waals surface area contributed by atoms with Crippen molar-refractivity contribution < 1.29 is 18.0 Å². The summed E-state index contributed by atoms with van der Waals surface area (Å²) in [6.07, 6.45) is 1.32. The fraction of sp³-hybridized carbons (Fsp3) is 0. The van der Waals surface area contributed by atoms with Gasteiger partial charge >= 0.3 is 0 Å². The number of pyridine rings is 1. The average molecular weight is 378 g/mol. The van der Waals surface area contributed by atoms with Gasteiger partial charge < -0.3 is 10.6 Å². The van der Waals surface area contributed by atoms with Crippen molar-refractivity contribution >= 4 is 34.7 Å². The van der Waals surface area contributed by atoms with Crippen LogP contribution in [-0.4, -0.2) is 10.9 Å². The number of anilines is 3. The zero-order valence-electron chi connectivity index (χ0n) is 13.1. The van der Waals surface area contributed by atoms with Crippen molar-refractivity contribution in [2.24, 2.45) is 0 Å². The van der Waals surface area contributed by atoms with Gasteiger partial charge in [-0.25, -0.2) is 18.2 Å². The van der Waals surface area contributed by atoms with Crippen molar-refractivity contribution in [2.45, 2.75) is 0 Å². The summed E-state index contributed by atoms with van der Waals surface area (Å²) in [5, 5.41) is 5.69. The second-order valence-electron chi connectivity index (χ2n) is 5.24. The normalized spacial score (nSPS) is 10.5. The van der Waals surface area contributed by atoms with Crippen LogP contribution < -0.4 is 10.6 Å². The van der Waals surface area contributed by atoms with Gasteiger partial charge in [0.05, 0.1) is 17.6 Å². The molecule has 0 bridgehead atoms. The first-order chi connectivity index (χ1) is 12.4. The SMILES string of the molecule is O=C(Nc1ccc(Nc2ccc(F)c(F)c2F)cn1)c1ccc(Cl)cc1. The van der Waals surface area contributed by atoms with E-state index in [-0.39, 0.29) is 17.4 Å². The largest absolute Gasteiger partial charge is 0.352 e. The molecular formula is C18H11ClF3N3O. The molecule has 26 heavy (non-hydrogen) atoms. The lowest BCUT2D eigenvalue weighted by Crippen LogP contribution is -2.12. The van der Waals surface area contributed by atoms with Crippen LogP contribution in [0.15, 0.2) is 54.7 Å². The molecule has 4 nitrogen and oxygen atoms in total. The van der Waals surface area contributed by atoms with E-state index in [0.717, 1.165) is 12.1 Å². The molecule has 2 N–H and O–H groups in total. The third kappa shape index (κ3) is 3.94. The molecule has 0 atom stereocenters. The molecule has 0 aliphatic rings. The maximum absolute atomic E-state index is 13.7. The number of carbonyl (C=O) groups excluding carboxylic acids is 1. The minimum absolute atomic E-state index is 0.233. The summed E-state index contributed by atoms with van der Waals surface area (Å²) in [6.45, 7) is 0. The van der Waals surface area contributed by atoms with Crippen molar-refractivity contribution in [3.8, 4) is 0 Å². The van der Waals surface area contributed by atoms with E-state index in [2.05, 4.69) is 15.6 Å². The van der Waals surface area contributed by atoms with Crippen LogP contribution in [0, 0.1) is 17.5 Å². The Balaban J connectivity index is 1.70. The maximum Gasteiger partial charge on any atom is 0.256 e. The van der Waals surface area contributed by atoms with E-state index < -0.39 is 17.5 Å². The van der Waals surface area contributed by atoms with Crippen molar-refractivity contribution in [2.75, 3.05) is 10.6 Å². The molecule has 0 radical (unpaired) electrons. The number of amides is 1. The quantitative estimate of drug-likeness (QED) is 0.618. The van der Waals surface area contributed by atoms with Crippen molar-refractivity contribution in [3.63, 3.8) is 0 Å². The summed E-state index contributed by atoms with van der Waals surface area (Å²) in [4.78, 5) is 16.1. The summed E-state index contributed by atoms with van der Waals surface area (Å²) in [7, 11) is 0. The number of nitrogens with one attached hydrogen (secondary N) is 2. The monoisotopic (exact) mass is 377 g/mol. The molecule has 2 aromatic carbocycles. The molecule has 0 spiro atoms. The molecule has 8 heteroatoms. The molecule has 3 rings (SSSR count). The second-order valence-corrected chi connectivity index (χ2v) is 5.68. The molecule has 1 aromatic heterocycles. The molecule has 3 aromatic rings. The van der Waals surface area contributed by atoms with E-state index in [1.807, 2.05) is 0 Å². The Morgan fingerprint density at radius 2 is 1.65 bits per heavy atom. The minimum atomic E-state index is -1.56. The van der Waals surface area contributed by atoms with Crippen LogP contribution in [0.2, 0.25) is 5.02 Å². The van der Waals surface area contributed by atoms with Crippen molar-refractivity contribution in [3.05, 3.63) is 82.8 Å². The third-order valence-corrected chi connectivity index (χ3v) is 3.68. The molecule has 0 fully saturated rings. The number of hydrogen-bond donors (Lipinski definition) is 2. The number of nitrogens with zero attached hydrogens (tertiary/aromatic N) is 1. The zero-order valence-corrected chi connectivity index (χ0v) is 13.8. The number of aromatic nitrogens is 1. The van der Waals surface area contributed by atoms with E-state index in [9.17, 15) is 18.0 Å². The predicted octanol–water partition coefficient (Wildman–Crippen LogP) is 5.15. The van der Waals surface area contributed by atoms with Crippen LogP contribution in [0.1, 0.15) is 10.4 Å². The number of carbonyl (C=O) groups is 1. The van der Waals surface area contributed by atoms with E-state index >= 15 is 0 Å². The van der Waals surface area contributed by atoms with Gasteiger partial charge in [0.2, 0.25) is 0 Å². The van der Waals surface area contributed by atoms with E-state index in [1.165, 1.54) is 18.3 Å². The molecule has 0 aliphatic heterocycles. The smallest absolute Gasteiger partial charge is 0.256 e. The van der Waals surface area contributed by atoms with Crippen LogP contribution in [0.25, 0.3) is 0 Å². The lowest BCUT2D eigenvalue weighted by atomic mass is 10.2. The van der Waals surface area contributed by atoms with Gasteiger partial charge in [0.15, 0.2) is 17.5 Å². The highest BCUT2D eigenvalue weighted by Crippen LogP contribution is 2.23. The Bertz CT molecular complexity index is 947. The Kier molecular flexibility index (Phi) is 5.09.